The Hall–Kier alpha value is -1.46. The number of hydrogen-bond donors (Lipinski definition) is 3. The first-order chi connectivity index (χ1) is 9.29. The molecule has 1 rings (SSSR count). The van der Waals surface area contributed by atoms with Crippen LogP contribution in [0, 0.1) is 5.92 Å². The zero-order chi connectivity index (χ0) is 15.3. The molecule has 1 aromatic carbocycles. The molecule has 0 radical (unpaired) electrons. The number of primary amides is 1. The van der Waals surface area contributed by atoms with Crippen molar-refractivity contribution in [2.75, 3.05) is 5.32 Å². The number of halogens is 2. The van der Waals surface area contributed by atoms with Gasteiger partial charge in [0.05, 0.1) is 10.0 Å². The number of anilines is 1. The Labute approximate surface area is 127 Å². The van der Waals surface area contributed by atoms with Crippen molar-refractivity contribution >= 4 is 40.8 Å². The van der Waals surface area contributed by atoms with Gasteiger partial charge in [-0.25, -0.2) is 4.79 Å². The van der Waals surface area contributed by atoms with Crippen molar-refractivity contribution in [2.24, 2.45) is 11.7 Å². The molecule has 0 bridgehead atoms. The molecule has 0 unspecified atom stereocenters. The van der Waals surface area contributed by atoms with E-state index in [9.17, 15) is 9.59 Å². The molecular formula is C13H17Cl2N3O2. The van der Waals surface area contributed by atoms with Gasteiger partial charge in [-0.05, 0) is 30.5 Å². The molecule has 20 heavy (non-hydrogen) atoms. The van der Waals surface area contributed by atoms with Crippen LogP contribution in [-0.4, -0.2) is 18.0 Å². The second kappa shape index (κ2) is 7.36. The Kier molecular flexibility index (Phi) is 6.10. The molecule has 0 saturated carbocycles. The Morgan fingerprint density at radius 1 is 1.25 bits per heavy atom. The summed E-state index contributed by atoms with van der Waals surface area (Å²) in [6.07, 6.45) is 0.482. The Morgan fingerprint density at radius 3 is 2.40 bits per heavy atom. The third-order valence-corrected chi connectivity index (χ3v) is 3.27. The molecule has 4 N–H and O–H groups in total. The van der Waals surface area contributed by atoms with E-state index < -0.39 is 12.1 Å². The minimum absolute atomic E-state index is 0.228. The summed E-state index contributed by atoms with van der Waals surface area (Å²) in [5.74, 6) is -0.123. The van der Waals surface area contributed by atoms with Gasteiger partial charge < -0.3 is 16.4 Å². The van der Waals surface area contributed by atoms with Crippen LogP contribution in [0.3, 0.4) is 0 Å². The molecule has 1 atom stereocenters. The van der Waals surface area contributed by atoms with Crippen LogP contribution in [0.1, 0.15) is 20.3 Å². The van der Waals surface area contributed by atoms with Gasteiger partial charge in [-0.2, -0.15) is 0 Å². The van der Waals surface area contributed by atoms with Crippen LogP contribution < -0.4 is 16.4 Å². The van der Waals surface area contributed by atoms with Crippen molar-refractivity contribution in [3.05, 3.63) is 28.2 Å². The summed E-state index contributed by atoms with van der Waals surface area (Å²) in [6.45, 7) is 3.89. The van der Waals surface area contributed by atoms with Gasteiger partial charge in [-0.1, -0.05) is 37.0 Å². The summed E-state index contributed by atoms with van der Waals surface area (Å²) in [5.41, 5.74) is 5.58. The molecule has 0 aliphatic rings. The van der Waals surface area contributed by atoms with Crippen molar-refractivity contribution in [1.82, 2.24) is 5.32 Å². The van der Waals surface area contributed by atoms with E-state index in [0.29, 0.717) is 22.2 Å². The fourth-order valence-electron chi connectivity index (χ4n) is 1.68. The maximum absolute atomic E-state index is 12.1. The van der Waals surface area contributed by atoms with Crippen molar-refractivity contribution in [1.29, 1.82) is 0 Å². The van der Waals surface area contributed by atoms with Crippen LogP contribution in [0.25, 0.3) is 0 Å². The zero-order valence-corrected chi connectivity index (χ0v) is 12.8. The summed E-state index contributed by atoms with van der Waals surface area (Å²) in [6, 6.07) is 3.32. The molecular weight excluding hydrogens is 301 g/mol. The summed E-state index contributed by atoms with van der Waals surface area (Å²) in [5, 5.41) is 5.84. The summed E-state index contributed by atoms with van der Waals surface area (Å²) >= 11 is 11.7. The summed E-state index contributed by atoms with van der Waals surface area (Å²) < 4.78 is 0. The smallest absolute Gasteiger partial charge is 0.312 e. The van der Waals surface area contributed by atoms with Gasteiger partial charge in [-0.3, -0.25) is 4.79 Å². The third-order valence-electron chi connectivity index (χ3n) is 2.53. The molecule has 0 saturated heterocycles. The van der Waals surface area contributed by atoms with Crippen LogP contribution in [0.2, 0.25) is 10.0 Å². The number of carbonyl (C=O) groups excluding carboxylic acids is 2. The maximum Gasteiger partial charge on any atom is 0.312 e. The average Bonchev–Trinajstić information content (AvgIpc) is 2.32. The molecule has 0 aromatic heterocycles. The Morgan fingerprint density at radius 2 is 1.90 bits per heavy atom. The summed E-state index contributed by atoms with van der Waals surface area (Å²) in [7, 11) is 0. The lowest BCUT2D eigenvalue weighted by molar-refractivity contribution is -0.118. The van der Waals surface area contributed by atoms with Crippen LogP contribution in [0.15, 0.2) is 18.2 Å². The van der Waals surface area contributed by atoms with Gasteiger partial charge in [0.1, 0.15) is 6.04 Å². The SMILES string of the molecule is CC(C)C[C@@H](NC(N)=O)C(=O)Nc1ccc(Cl)c(Cl)c1. The second-order valence-electron chi connectivity index (χ2n) is 4.81. The Balaban J connectivity index is 2.78. The van der Waals surface area contributed by atoms with Crippen LogP contribution in [0.5, 0.6) is 0 Å². The standard InChI is InChI=1S/C13H17Cl2N3O2/c1-7(2)5-11(18-13(16)20)12(19)17-8-3-4-9(14)10(15)6-8/h3-4,6-7,11H,5H2,1-2H3,(H,17,19)(H3,16,18,20)/t11-/m1/s1. The van der Waals surface area contributed by atoms with E-state index in [1.165, 1.54) is 0 Å². The number of nitrogens with one attached hydrogen (secondary N) is 2. The number of hydrogen-bond acceptors (Lipinski definition) is 2. The minimum atomic E-state index is -0.736. The predicted octanol–water partition coefficient (Wildman–Crippen LogP) is 3.01. The van der Waals surface area contributed by atoms with Crippen molar-refractivity contribution < 1.29 is 9.59 Å². The van der Waals surface area contributed by atoms with Gasteiger partial charge in [0.2, 0.25) is 5.91 Å². The lowest BCUT2D eigenvalue weighted by Gasteiger charge is -2.19. The molecule has 0 heterocycles. The lowest BCUT2D eigenvalue weighted by atomic mass is 10.0. The van der Waals surface area contributed by atoms with Gasteiger partial charge in [-0.15, -0.1) is 0 Å². The predicted molar refractivity (Wildman–Crippen MR) is 81.1 cm³/mol. The van der Waals surface area contributed by atoms with Crippen LogP contribution in [-0.2, 0) is 4.79 Å². The van der Waals surface area contributed by atoms with E-state index in [1.807, 2.05) is 13.8 Å². The lowest BCUT2D eigenvalue weighted by Crippen LogP contribution is -2.46. The number of urea groups is 1. The van der Waals surface area contributed by atoms with Gasteiger partial charge in [0.15, 0.2) is 0 Å². The number of amides is 3. The molecule has 7 heteroatoms. The minimum Gasteiger partial charge on any atom is -0.352 e. The monoisotopic (exact) mass is 317 g/mol. The van der Waals surface area contributed by atoms with E-state index in [1.54, 1.807) is 18.2 Å². The molecule has 0 aliphatic heterocycles. The highest BCUT2D eigenvalue weighted by Gasteiger charge is 2.21. The first-order valence-corrected chi connectivity index (χ1v) is 6.87. The van der Waals surface area contributed by atoms with Gasteiger partial charge >= 0.3 is 6.03 Å². The highest BCUT2D eigenvalue weighted by molar-refractivity contribution is 6.42. The Bertz CT molecular complexity index is 506. The topological polar surface area (TPSA) is 84.2 Å². The molecule has 1 aromatic rings. The van der Waals surface area contributed by atoms with E-state index >= 15 is 0 Å². The second-order valence-corrected chi connectivity index (χ2v) is 5.62. The molecule has 0 spiro atoms. The third kappa shape index (κ3) is 5.27. The van der Waals surface area contributed by atoms with E-state index in [2.05, 4.69) is 10.6 Å². The van der Waals surface area contributed by atoms with E-state index in [4.69, 9.17) is 28.9 Å². The van der Waals surface area contributed by atoms with Crippen LogP contribution in [0.4, 0.5) is 10.5 Å². The number of nitrogens with two attached hydrogens (primary N) is 1. The number of rotatable bonds is 5. The maximum atomic E-state index is 12.1. The first-order valence-electron chi connectivity index (χ1n) is 6.11. The first kappa shape index (κ1) is 16.6. The van der Waals surface area contributed by atoms with Crippen molar-refractivity contribution in [3.63, 3.8) is 0 Å². The van der Waals surface area contributed by atoms with Crippen LogP contribution >= 0.6 is 23.2 Å². The number of benzene rings is 1. The summed E-state index contributed by atoms with van der Waals surface area (Å²) in [4.78, 5) is 23.1. The highest BCUT2D eigenvalue weighted by atomic mass is 35.5. The zero-order valence-electron chi connectivity index (χ0n) is 11.2. The van der Waals surface area contributed by atoms with E-state index in [0.717, 1.165) is 0 Å². The molecule has 5 nitrogen and oxygen atoms in total. The molecule has 110 valence electrons. The highest BCUT2D eigenvalue weighted by Crippen LogP contribution is 2.25. The van der Waals surface area contributed by atoms with E-state index in [-0.39, 0.29) is 11.8 Å². The van der Waals surface area contributed by atoms with Gasteiger partial charge in [0, 0.05) is 5.69 Å². The normalized spacial score (nSPS) is 12.1. The molecule has 0 aliphatic carbocycles. The fraction of sp³-hybridized carbons (Fsp3) is 0.385. The largest absolute Gasteiger partial charge is 0.352 e. The average molecular weight is 318 g/mol. The molecule has 3 amide bonds. The van der Waals surface area contributed by atoms with Crippen molar-refractivity contribution in [3.8, 4) is 0 Å². The fourth-order valence-corrected chi connectivity index (χ4v) is 1.98. The van der Waals surface area contributed by atoms with Crippen molar-refractivity contribution in [2.45, 2.75) is 26.3 Å². The quantitative estimate of drug-likeness (QED) is 0.779. The molecule has 0 fully saturated rings. The van der Waals surface area contributed by atoms with Gasteiger partial charge in [0.25, 0.3) is 0 Å². The number of carbonyl (C=O) groups is 2.